The third-order valence-corrected chi connectivity index (χ3v) is 7.89. The van der Waals surface area contributed by atoms with E-state index in [-0.39, 0.29) is 0 Å². The van der Waals surface area contributed by atoms with Gasteiger partial charge in [-0.1, -0.05) is 48.0 Å². The van der Waals surface area contributed by atoms with Gasteiger partial charge >= 0.3 is 5.97 Å². The van der Waals surface area contributed by atoms with Gasteiger partial charge in [-0.05, 0) is 85.4 Å². The van der Waals surface area contributed by atoms with Gasteiger partial charge in [0, 0.05) is 6.42 Å². The summed E-state index contributed by atoms with van der Waals surface area (Å²) in [5.74, 6) is 6.34. The Labute approximate surface area is 156 Å². The quantitative estimate of drug-likeness (QED) is 0.594. The van der Waals surface area contributed by atoms with Crippen LogP contribution in [-0.4, -0.2) is 11.1 Å². The molecule has 0 aromatic carbocycles. The number of hydrogen-bond donors (Lipinski definition) is 1. The van der Waals surface area contributed by atoms with E-state index < -0.39 is 5.97 Å². The monoisotopic (exact) mass is 350 g/mol. The van der Waals surface area contributed by atoms with Crippen molar-refractivity contribution >= 4 is 5.97 Å². The van der Waals surface area contributed by atoms with Crippen LogP contribution in [0.25, 0.3) is 0 Å². The summed E-state index contributed by atoms with van der Waals surface area (Å²) < 4.78 is 0. The lowest BCUT2D eigenvalue weighted by Crippen LogP contribution is -2.42. The molecule has 146 valence electrons. The molecule has 0 bridgehead atoms. The van der Waals surface area contributed by atoms with Crippen molar-refractivity contribution < 1.29 is 9.90 Å². The van der Waals surface area contributed by atoms with Gasteiger partial charge in [-0.2, -0.15) is 0 Å². The molecule has 2 aliphatic carbocycles. The number of carboxylic acid groups (broad SMARTS) is 1. The first-order chi connectivity index (χ1) is 11.7. The van der Waals surface area contributed by atoms with Crippen LogP contribution in [0.2, 0.25) is 0 Å². The molecule has 0 aromatic rings. The Kier molecular flexibility index (Phi) is 7.40. The molecule has 1 N–H and O–H groups in total. The summed E-state index contributed by atoms with van der Waals surface area (Å²) >= 11 is 0. The Bertz CT molecular complexity index is 428. The summed E-state index contributed by atoms with van der Waals surface area (Å²) in [5.41, 5.74) is 0. The molecular formula is C23H42O2. The van der Waals surface area contributed by atoms with Gasteiger partial charge in [-0.15, -0.1) is 0 Å². The largest absolute Gasteiger partial charge is 0.481 e. The Balaban J connectivity index is 2.20. The van der Waals surface area contributed by atoms with Crippen molar-refractivity contribution in [2.45, 2.75) is 86.5 Å². The third kappa shape index (κ3) is 5.23. The maximum atomic E-state index is 11.1. The summed E-state index contributed by atoms with van der Waals surface area (Å²) in [7, 11) is 0. The first kappa shape index (κ1) is 20.8. The van der Waals surface area contributed by atoms with Crippen LogP contribution in [0.1, 0.15) is 86.5 Å². The standard InChI is InChI=1S/C23H42O2/c1-14(2)19-12-18(8-10-23(24)25)17(6)21(13-19)22-11-16(5)7-9-20(22)15(3)4/h14-22H,7-13H2,1-6H3,(H,24,25). The highest BCUT2D eigenvalue weighted by atomic mass is 16.4. The fourth-order valence-electron chi connectivity index (χ4n) is 6.18. The van der Waals surface area contributed by atoms with E-state index >= 15 is 0 Å². The van der Waals surface area contributed by atoms with E-state index in [0.29, 0.717) is 18.3 Å². The molecule has 0 aliphatic heterocycles. The summed E-state index contributed by atoms with van der Waals surface area (Å²) in [4.78, 5) is 11.1. The van der Waals surface area contributed by atoms with Gasteiger partial charge < -0.3 is 5.11 Å². The van der Waals surface area contributed by atoms with E-state index in [1.807, 2.05) is 0 Å². The lowest BCUT2D eigenvalue weighted by Gasteiger charge is -2.50. The second-order valence-corrected chi connectivity index (χ2v) is 10.2. The number of aliphatic carboxylic acids is 1. The van der Waals surface area contributed by atoms with Crippen molar-refractivity contribution in [1.82, 2.24) is 0 Å². The molecule has 0 radical (unpaired) electrons. The molecule has 0 heterocycles. The van der Waals surface area contributed by atoms with Gasteiger partial charge in [0.15, 0.2) is 0 Å². The van der Waals surface area contributed by atoms with Crippen LogP contribution >= 0.6 is 0 Å². The van der Waals surface area contributed by atoms with Crippen LogP contribution in [0.3, 0.4) is 0 Å². The normalized spacial score (nSPS) is 39.8. The van der Waals surface area contributed by atoms with E-state index in [1.54, 1.807) is 0 Å². The zero-order chi connectivity index (χ0) is 18.7. The highest BCUT2D eigenvalue weighted by Gasteiger charge is 2.44. The molecule has 0 amide bonds. The first-order valence-electron chi connectivity index (χ1n) is 10.9. The molecule has 7 atom stereocenters. The maximum Gasteiger partial charge on any atom is 0.303 e. The van der Waals surface area contributed by atoms with E-state index in [0.717, 1.165) is 47.8 Å². The minimum atomic E-state index is -0.623. The Hall–Kier alpha value is -0.530. The molecule has 25 heavy (non-hydrogen) atoms. The number of rotatable bonds is 6. The van der Waals surface area contributed by atoms with Crippen LogP contribution in [0.5, 0.6) is 0 Å². The van der Waals surface area contributed by atoms with Crippen molar-refractivity contribution in [3.05, 3.63) is 0 Å². The lowest BCUT2D eigenvalue weighted by atomic mass is 9.55. The lowest BCUT2D eigenvalue weighted by molar-refractivity contribution is -0.137. The first-order valence-corrected chi connectivity index (χ1v) is 10.9. The summed E-state index contributed by atoms with van der Waals surface area (Å²) in [6.45, 7) is 14.5. The molecule has 7 unspecified atom stereocenters. The van der Waals surface area contributed by atoms with Gasteiger partial charge in [-0.3, -0.25) is 4.79 Å². The highest BCUT2D eigenvalue weighted by Crippen LogP contribution is 2.52. The molecule has 0 saturated heterocycles. The van der Waals surface area contributed by atoms with Crippen molar-refractivity contribution in [3.8, 4) is 0 Å². The Morgan fingerprint density at radius 2 is 1.64 bits per heavy atom. The predicted octanol–water partition coefficient (Wildman–Crippen LogP) is 6.49. The van der Waals surface area contributed by atoms with Gasteiger partial charge in [0.1, 0.15) is 0 Å². The molecule has 2 aliphatic rings. The number of carbonyl (C=O) groups is 1. The van der Waals surface area contributed by atoms with Gasteiger partial charge in [0.05, 0.1) is 0 Å². The van der Waals surface area contributed by atoms with E-state index in [1.165, 1.54) is 32.1 Å². The fraction of sp³-hybridized carbons (Fsp3) is 0.957. The van der Waals surface area contributed by atoms with E-state index in [9.17, 15) is 4.79 Å². The van der Waals surface area contributed by atoms with Crippen LogP contribution in [-0.2, 0) is 4.79 Å². The highest BCUT2D eigenvalue weighted by molar-refractivity contribution is 5.66. The number of hydrogen-bond acceptors (Lipinski definition) is 1. The smallest absolute Gasteiger partial charge is 0.303 e. The zero-order valence-electron chi connectivity index (χ0n) is 17.5. The van der Waals surface area contributed by atoms with E-state index in [2.05, 4.69) is 41.5 Å². The second kappa shape index (κ2) is 8.91. The van der Waals surface area contributed by atoms with Crippen molar-refractivity contribution in [3.63, 3.8) is 0 Å². The van der Waals surface area contributed by atoms with Gasteiger partial charge in [0.25, 0.3) is 0 Å². The van der Waals surface area contributed by atoms with Crippen LogP contribution in [0, 0.1) is 53.3 Å². The molecular weight excluding hydrogens is 308 g/mol. The SMILES string of the molecule is CC1CCC(C(C)C)C(C2CC(C(C)C)CC(CCC(=O)O)C2C)C1. The molecule has 2 rings (SSSR count). The minimum absolute atomic E-state index is 0.348. The van der Waals surface area contributed by atoms with Gasteiger partial charge in [0.2, 0.25) is 0 Å². The topological polar surface area (TPSA) is 37.3 Å². The fourth-order valence-corrected chi connectivity index (χ4v) is 6.18. The summed E-state index contributed by atoms with van der Waals surface area (Å²) in [6.07, 6.45) is 8.05. The van der Waals surface area contributed by atoms with Gasteiger partial charge in [-0.25, -0.2) is 0 Å². The Morgan fingerprint density at radius 1 is 0.960 bits per heavy atom. The van der Waals surface area contributed by atoms with Crippen LogP contribution in [0.4, 0.5) is 0 Å². The predicted molar refractivity (Wildman–Crippen MR) is 105 cm³/mol. The molecule has 0 spiro atoms. The molecule has 2 saturated carbocycles. The van der Waals surface area contributed by atoms with Crippen molar-refractivity contribution in [2.75, 3.05) is 0 Å². The Morgan fingerprint density at radius 3 is 2.20 bits per heavy atom. The van der Waals surface area contributed by atoms with Crippen LogP contribution < -0.4 is 0 Å². The molecule has 0 aromatic heterocycles. The molecule has 2 fully saturated rings. The average Bonchev–Trinajstić information content (AvgIpc) is 2.53. The average molecular weight is 351 g/mol. The summed E-state index contributed by atoms with van der Waals surface area (Å²) in [6, 6.07) is 0. The van der Waals surface area contributed by atoms with Crippen LogP contribution in [0.15, 0.2) is 0 Å². The van der Waals surface area contributed by atoms with E-state index in [4.69, 9.17) is 5.11 Å². The second-order valence-electron chi connectivity index (χ2n) is 10.2. The zero-order valence-corrected chi connectivity index (χ0v) is 17.5. The number of carboxylic acids is 1. The molecule has 2 heteroatoms. The third-order valence-electron chi connectivity index (χ3n) is 7.89. The maximum absolute atomic E-state index is 11.1. The minimum Gasteiger partial charge on any atom is -0.481 e. The molecule has 2 nitrogen and oxygen atoms in total. The summed E-state index contributed by atoms with van der Waals surface area (Å²) in [5, 5.41) is 9.17. The van der Waals surface area contributed by atoms with Crippen molar-refractivity contribution in [1.29, 1.82) is 0 Å². The van der Waals surface area contributed by atoms with Crippen molar-refractivity contribution in [2.24, 2.45) is 53.3 Å².